The summed E-state index contributed by atoms with van der Waals surface area (Å²) in [7, 11) is 1.56. The Kier molecular flexibility index (Phi) is 7.12. The van der Waals surface area contributed by atoms with Crippen molar-refractivity contribution in [2.75, 3.05) is 23.2 Å². The summed E-state index contributed by atoms with van der Waals surface area (Å²) < 4.78 is 7.28. The van der Waals surface area contributed by atoms with Gasteiger partial charge in [-0.05, 0) is 80.4 Å². The molecule has 0 fully saturated rings. The highest BCUT2D eigenvalue weighted by Crippen LogP contribution is 2.25. The third-order valence-corrected chi connectivity index (χ3v) is 6.17. The van der Waals surface area contributed by atoms with Crippen LogP contribution in [0.25, 0.3) is 10.9 Å². The Bertz CT molecular complexity index is 1470. The fourth-order valence-electron chi connectivity index (χ4n) is 4.04. The number of methoxy groups -OCH3 is 1. The first-order chi connectivity index (χ1) is 17.2. The number of carbonyl (C=O) groups excluding carboxylic acids is 3. The molecule has 0 radical (unpaired) electrons. The van der Waals surface area contributed by atoms with Crippen LogP contribution in [0.4, 0.5) is 11.4 Å². The molecule has 0 aliphatic heterocycles. The van der Waals surface area contributed by atoms with Crippen molar-refractivity contribution in [3.8, 4) is 5.75 Å². The number of aryl methyl sites for hydroxylation is 3. The third-order valence-electron chi connectivity index (χ3n) is 5.68. The first kappa shape index (κ1) is 25.0. The zero-order chi connectivity index (χ0) is 26.0. The predicted octanol–water partition coefficient (Wildman–Crippen LogP) is 5.30. The van der Waals surface area contributed by atoms with Gasteiger partial charge in [0, 0.05) is 21.2 Å². The number of anilines is 2. The van der Waals surface area contributed by atoms with Crippen LogP contribution in [0.3, 0.4) is 0 Å². The highest BCUT2D eigenvalue weighted by atomic mass is 79.9. The summed E-state index contributed by atoms with van der Waals surface area (Å²) in [6.07, 6.45) is 0. The van der Waals surface area contributed by atoms with Crippen molar-refractivity contribution in [2.24, 2.45) is 0 Å². The molecule has 3 N–H and O–H groups in total. The molecule has 9 heteroatoms. The fraction of sp³-hybridized carbons (Fsp3) is 0.148. The predicted molar refractivity (Wildman–Crippen MR) is 144 cm³/mol. The van der Waals surface area contributed by atoms with E-state index in [-0.39, 0.29) is 5.69 Å². The summed E-state index contributed by atoms with van der Waals surface area (Å²) in [4.78, 5) is 38.9. The summed E-state index contributed by atoms with van der Waals surface area (Å²) in [5.41, 5.74) is 7.19. The van der Waals surface area contributed by atoms with Crippen molar-refractivity contribution < 1.29 is 19.1 Å². The van der Waals surface area contributed by atoms with Crippen molar-refractivity contribution in [1.82, 2.24) is 4.68 Å². The van der Waals surface area contributed by atoms with E-state index in [0.29, 0.717) is 28.0 Å². The molecule has 3 aromatic carbocycles. The molecule has 36 heavy (non-hydrogen) atoms. The van der Waals surface area contributed by atoms with Gasteiger partial charge in [0.25, 0.3) is 5.91 Å². The summed E-state index contributed by atoms with van der Waals surface area (Å²) in [5, 5.41) is 6.20. The van der Waals surface area contributed by atoms with Crippen LogP contribution >= 0.6 is 15.9 Å². The van der Waals surface area contributed by atoms with Crippen molar-refractivity contribution >= 4 is 55.9 Å². The van der Waals surface area contributed by atoms with Crippen LogP contribution in [0.15, 0.2) is 65.1 Å². The Labute approximate surface area is 216 Å². The van der Waals surface area contributed by atoms with E-state index in [1.807, 2.05) is 39.0 Å². The molecule has 184 valence electrons. The molecule has 4 aromatic rings. The van der Waals surface area contributed by atoms with Crippen LogP contribution in [0.5, 0.6) is 5.75 Å². The number of hydrogen-bond acceptors (Lipinski definition) is 4. The van der Waals surface area contributed by atoms with Crippen molar-refractivity contribution in [2.45, 2.75) is 20.8 Å². The van der Waals surface area contributed by atoms with Gasteiger partial charge in [0.05, 0.1) is 12.6 Å². The van der Waals surface area contributed by atoms with Gasteiger partial charge in [0.2, 0.25) is 0 Å². The molecule has 3 amide bonds. The minimum atomic E-state index is -0.909. The van der Waals surface area contributed by atoms with Gasteiger partial charge in [0.15, 0.2) is 0 Å². The number of nitrogens with zero attached hydrogens (tertiary/aromatic N) is 1. The van der Waals surface area contributed by atoms with E-state index in [1.54, 1.807) is 49.6 Å². The van der Waals surface area contributed by atoms with Crippen LogP contribution < -0.4 is 20.8 Å². The Hall–Kier alpha value is -4.11. The Morgan fingerprint density at radius 3 is 2.14 bits per heavy atom. The van der Waals surface area contributed by atoms with Crippen LogP contribution in [-0.2, 0) is 9.59 Å². The maximum absolute atomic E-state index is 13.2. The van der Waals surface area contributed by atoms with E-state index in [0.717, 1.165) is 21.2 Å². The Morgan fingerprint density at radius 2 is 1.50 bits per heavy atom. The average molecular weight is 549 g/mol. The Balaban J connectivity index is 1.62. The lowest BCUT2D eigenvalue weighted by atomic mass is 10.1. The molecule has 8 nitrogen and oxygen atoms in total. The second-order valence-corrected chi connectivity index (χ2v) is 9.34. The number of amides is 3. The minimum absolute atomic E-state index is 0.155. The molecule has 0 spiro atoms. The first-order valence-corrected chi connectivity index (χ1v) is 11.9. The van der Waals surface area contributed by atoms with Gasteiger partial charge in [-0.15, -0.1) is 0 Å². The van der Waals surface area contributed by atoms with Crippen LogP contribution in [0, 0.1) is 20.8 Å². The minimum Gasteiger partial charge on any atom is -0.497 e. The number of aromatic nitrogens is 1. The largest absolute Gasteiger partial charge is 0.497 e. The number of hydrogen-bond donors (Lipinski definition) is 3. The van der Waals surface area contributed by atoms with Crippen LogP contribution in [0.1, 0.15) is 27.2 Å². The van der Waals surface area contributed by atoms with Crippen molar-refractivity contribution in [1.29, 1.82) is 0 Å². The molecule has 0 aliphatic carbocycles. The van der Waals surface area contributed by atoms with E-state index in [2.05, 4.69) is 32.0 Å². The van der Waals surface area contributed by atoms with Gasteiger partial charge >= 0.3 is 11.8 Å². The lowest BCUT2D eigenvalue weighted by Gasteiger charge is -2.15. The highest BCUT2D eigenvalue weighted by molar-refractivity contribution is 9.10. The number of benzene rings is 3. The van der Waals surface area contributed by atoms with Gasteiger partial charge in [-0.3, -0.25) is 19.8 Å². The monoisotopic (exact) mass is 548 g/mol. The number of rotatable bonds is 5. The highest BCUT2D eigenvalue weighted by Gasteiger charge is 2.22. The number of fused-ring (bicyclic) bond motifs is 1. The zero-order valence-electron chi connectivity index (χ0n) is 20.2. The second-order valence-electron chi connectivity index (χ2n) is 8.42. The normalized spacial score (nSPS) is 10.7. The SMILES string of the molecule is COc1ccc(NC(=O)c2cc3cc(Br)ccc3n2NC(=O)C(=O)Nc2c(C)cc(C)cc2C)cc1. The molecule has 0 saturated heterocycles. The van der Waals surface area contributed by atoms with E-state index in [9.17, 15) is 14.4 Å². The Morgan fingerprint density at radius 1 is 0.833 bits per heavy atom. The number of ether oxygens (including phenoxy) is 1. The molecule has 0 atom stereocenters. The molecule has 4 rings (SSSR count). The van der Waals surface area contributed by atoms with Crippen LogP contribution in [0.2, 0.25) is 0 Å². The van der Waals surface area contributed by atoms with Gasteiger partial charge < -0.3 is 15.4 Å². The van der Waals surface area contributed by atoms with E-state index >= 15 is 0 Å². The third kappa shape index (κ3) is 5.26. The smallest absolute Gasteiger partial charge is 0.328 e. The lowest BCUT2D eigenvalue weighted by molar-refractivity contribution is -0.133. The number of carbonyl (C=O) groups is 3. The van der Waals surface area contributed by atoms with E-state index in [1.165, 1.54) is 4.68 Å². The average Bonchev–Trinajstić information content (AvgIpc) is 3.19. The molecule has 1 heterocycles. The molecule has 0 unspecified atom stereocenters. The summed E-state index contributed by atoms with van der Waals surface area (Å²) in [6, 6.07) is 17.7. The first-order valence-electron chi connectivity index (χ1n) is 11.1. The molecule has 0 bridgehead atoms. The van der Waals surface area contributed by atoms with Gasteiger partial charge in [-0.1, -0.05) is 33.6 Å². The molecular formula is C27H25BrN4O4. The van der Waals surface area contributed by atoms with E-state index < -0.39 is 17.7 Å². The van der Waals surface area contributed by atoms with Gasteiger partial charge in [0.1, 0.15) is 11.4 Å². The summed E-state index contributed by atoms with van der Waals surface area (Å²) >= 11 is 3.43. The summed E-state index contributed by atoms with van der Waals surface area (Å²) in [5.74, 6) is -1.55. The van der Waals surface area contributed by atoms with E-state index in [4.69, 9.17) is 4.74 Å². The van der Waals surface area contributed by atoms with Crippen molar-refractivity contribution in [3.63, 3.8) is 0 Å². The summed E-state index contributed by atoms with van der Waals surface area (Å²) in [6.45, 7) is 5.70. The van der Waals surface area contributed by atoms with Gasteiger partial charge in [-0.25, -0.2) is 4.68 Å². The molecule has 1 aromatic heterocycles. The number of nitrogens with one attached hydrogen (secondary N) is 3. The number of halogens is 1. The van der Waals surface area contributed by atoms with Crippen LogP contribution in [-0.4, -0.2) is 29.5 Å². The molecule has 0 aliphatic rings. The molecule has 0 saturated carbocycles. The quantitative estimate of drug-likeness (QED) is 0.294. The standard InChI is InChI=1S/C27H25BrN4O4/c1-15-11-16(2)24(17(3)12-15)30-26(34)27(35)31-32-22-10-5-19(28)13-18(22)14-23(32)25(33)29-20-6-8-21(36-4)9-7-20/h5-14H,1-4H3,(H,29,33)(H,30,34)(H,31,35). The maximum Gasteiger partial charge on any atom is 0.328 e. The topological polar surface area (TPSA) is 101 Å². The van der Waals surface area contributed by atoms with Gasteiger partial charge in [-0.2, -0.15) is 0 Å². The lowest BCUT2D eigenvalue weighted by Crippen LogP contribution is -2.36. The fourth-order valence-corrected chi connectivity index (χ4v) is 4.42. The maximum atomic E-state index is 13.2. The molecular weight excluding hydrogens is 524 g/mol. The second kappa shape index (κ2) is 10.2. The van der Waals surface area contributed by atoms with Crippen molar-refractivity contribution in [3.05, 3.63) is 87.5 Å². The zero-order valence-corrected chi connectivity index (χ0v) is 21.8.